The second kappa shape index (κ2) is 5.43. The Morgan fingerprint density at radius 3 is 2.82 bits per heavy atom. The Balaban J connectivity index is 1.95. The molecule has 2 N–H and O–H groups in total. The first-order chi connectivity index (χ1) is 8.09. The van der Waals surface area contributed by atoms with E-state index >= 15 is 0 Å². The van der Waals surface area contributed by atoms with Crippen LogP contribution in [-0.2, 0) is 16.6 Å². The molecule has 2 rings (SSSR count). The van der Waals surface area contributed by atoms with E-state index in [1.54, 1.807) is 5.51 Å². The van der Waals surface area contributed by atoms with Crippen molar-refractivity contribution >= 4 is 21.4 Å². The van der Waals surface area contributed by atoms with Crippen molar-refractivity contribution < 1.29 is 8.42 Å². The zero-order valence-corrected chi connectivity index (χ0v) is 11.4. The number of hydrogen-bond acceptors (Lipinski definition) is 5. The normalized spacial score (nSPS) is 18.4. The van der Waals surface area contributed by atoms with Gasteiger partial charge in [-0.2, -0.15) is 0 Å². The van der Waals surface area contributed by atoms with Crippen LogP contribution in [-0.4, -0.2) is 31.7 Å². The van der Waals surface area contributed by atoms with Gasteiger partial charge in [-0.05, 0) is 32.9 Å². The molecule has 0 radical (unpaired) electrons. The van der Waals surface area contributed by atoms with E-state index in [0.717, 1.165) is 23.7 Å². The maximum atomic E-state index is 12.0. The number of rotatable bonds is 4. The second-order valence-electron chi connectivity index (χ2n) is 4.18. The van der Waals surface area contributed by atoms with E-state index < -0.39 is 10.0 Å². The minimum absolute atomic E-state index is 0.253. The molecule has 1 aromatic rings. The minimum atomic E-state index is -3.19. The molecule has 96 valence electrons. The number of piperidine rings is 1. The summed E-state index contributed by atoms with van der Waals surface area (Å²) in [6.07, 6.45) is 1.38. The molecule has 0 bridgehead atoms. The molecule has 1 saturated heterocycles. The summed E-state index contributed by atoms with van der Waals surface area (Å²) in [7, 11) is -3.19. The van der Waals surface area contributed by atoms with Crippen molar-refractivity contribution in [2.45, 2.75) is 31.6 Å². The molecular weight excluding hydrogens is 258 g/mol. The Morgan fingerprint density at radius 2 is 2.24 bits per heavy atom. The van der Waals surface area contributed by atoms with E-state index in [1.165, 1.54) is 11.3 Å². The quantitative estimate of drug-likeness (QED) is 0.845. The Bertz CT molecular complexity index is 464. The monoisotopic (exact) mass is 275 g/mol. The first-order valence-corrected chi connectivity index (χ1v) is 8.10. The van der Waals surface area contributed by atoms with Crippen LogP contribution in [0.15, 0.2) is 5.51 Å². The predicted octanol–water partition coefficient (Wildman–Crippen LogP) is 0.623. The van der Waals surface area contributed by atoms with Crippen LogP contribution in [0.2, 0.25) is 0 Å². The third-order valence-corrected chi connectivity index (χ3v) is 5.83. The number of aryl methyl sites for hydroxylation is 1. The molecule has 1 aliphatic heterocycles. The lowest BCUT2D eigenvalue weighted by Gasteiger charge is -2.22. The third kappa shape index (κ3) is 3.25. The van der Waals surface area contributed by atoms with E-state index in [0.29, 0.717) is 19.4 Å². The highest BCUT2D eigenvalue weighted by atomic mass is 32.2. The lowest BCUT2D eigenvalue weighted by atomic mass is 10.2. The highest BCUT2D eigenvalue weighted by Gasteiger charge is 2.26. The summed E-state index contributed by atoms with van der Waals surface area (Å²) in [5.41, 5.74) is 2.65. The largest absolute Gasteiger partial charge is 0.317 e. The van der Waals surface area contributed by atoms with Crippen LogP contribution >= 0.6 is 11.3 Å². The SMILES string of the molecule is Cc1ncsc1CNS(=O)(=O)C1CCNCC1. The molecule has 1 aromatic heterocycles. The van der Waals surface area contributed by atoms with Gasteiger partial charge in [0.25, 0.3) is 0 Å². The Hall–Kier alpha value is -0.500. The van der Waals surface area contributed by atoms with E-state index in [1.807, 2.05) is 6.92 Å². The number of nitrogens with one attached hydrogen (secondary N) is 2. The van der Waals surface area contributed by atoms with E-state index in [2.05, 4.69) is 15.0 Å². The average molecular weight is 275 g/mol. The van der Waals surface area contributed by atoms with Gasteiger partial charge in [-0.3, -0.25) is 0 Å². The van der Waals surface area contributed by atoms with Crippen LogP contribution < -0.4 is 10.0 Å². The van der Waals surface area contributed by atoms with Crippen molar-refractivity contribution in [3.05, 3.63) is 16.1 Å². The molecule has 0 aromatic carbocycles. The van der Waals surface area contributed by atoms with Gasteiger partial charge in [0.1, 0.15) is 0 Å². The first-order valence-electron chi connectivity index (χ1n) is 5.68. The molecule has 0 atom stereocenters. The molecule has 0 aliphatic carbocycles. The average Bonchev–Trinajstić information content (AvgIpc) is 2.74. The van der Waals surface area contributed by atoms with Crippen LogP contribution in [0, 0.1) is 6.92 Å². The van der Waals surface area contributed by atoms with Crippen LogP contribution in [0.25, 0.3) is 0 Å². The third-order valence-electron chi connectivity index (χ3n) is 3.00. The number of thiazole rings is 1. The highest BCUT2D eigenvalue weighted by Crippen LogP contribution is 2.15. The molecule has 5 nitrogen and oxygen atoms in total. The Kier molecular flexibility index (Phi) is 4.13. The number of hydrogen-bond donors (Lipinski definition) is 2. The fourth-order valence-corrected chi connectivity index (χ4v) is 4.13. The topological polar surface area (TPSA) is 71.1 Å². The molecule has 7 heteroatoms. The molecule has 0 saturated carbocycles. The molecule has 1 aliphatic rings. The number of sulfonamides is 1. The molecule has 1 fully saturated rings. The molecule has 17 heavy (non-hydrogen) atoms. The van der Waals surface area contributed by atoms with Crippen molar-refractivity contribution in [2.24, 2.45) is 0 Å². The Labute approximate surface area is 106 Å². The fraction of sp³-hybridized carbons (Fsp3) is 0.700. The van der Waals surface area contributed by atoms with Gasteiger partial charge in [-0.1, -0.05) is 0 Å². The zero-order chi connectivity index (χ0) is 12.3. The minimum Gasteiger partial charge on any atom is -0.317 e. The second-order valence-corrected chi connectivity index (χ2v) is 7.16. The molecule has 0 amide bonds. The van der Waals surface area contributed by atoms with Gasteiger partial charge in [-0.25, -0.2) is 18.1 Å². The summed E-state index contributed by atoms with van der Waals surface area (Å²) in [6, 6.07) is 0. The molecule has 0 unspecified atom stereocenters. The van der Waals surface area contributed by atoms with Crippen molar-refractivity contribution in [1.82, 2.24) is 15.0 Å². The predicted molar refractivity (Wildman–Crippen MR) is 68.5 cm³/mol. The fourth-order valence-electron chi connectivity index (χ4n) is 1.89. The van der Waals surface area contributed by atoms with Gasteiger partial charge in [0, 0.05) is 11.4 Å². The summed E-state index contributed by atoms with van der Waals surface area (Å²) in [4.78, 5) is 5.09. The van der Waals surface area contributed by atoms with Crippen molar-refractivity contribution in [3.63, 3.8) is 0 Å². The van der Waals surface area contributed by atoms with Crippen molar-refractivity contribution in [2.75, 3.05) is 13.1 Å². The summed E-state index contributed by atoms with van der Waals surface area (Å²) in [6.45, 7) is 3.82. The zero-order valence-electron chi connectivity index (χ0n) is 9.77. The van der Waals surface area contributed by atoms with Crippen LogP contribution in [0.1, 0.15) is 23.4 Å². The standard InChI is InChI=1S/C10H17N3O2S2/c1-8-10(16-7-12-8)6-13-17(14,15)9-2-4-11-5-3-9/h7,9,11,13H,2-6H2,1H3. The lowest BCUT2D eigenvalue weighted by Crippen LogP contribution is -2.41. The van der Waals surface area contributed by atoms with Crippen molar-refractivity contribution in [1.29, 1.82) is 0 Å². The van der Waals surface area contributed by atoms with E-state index in [9.17, 15) is 8.42 Å². The van der Waals surface area contributed by atoms with Gasteiger partial charge in [0.15, 0.2) is 0 Å². The maximum Gasteiger partial charge on any atom is 0.214 e. The number of nitrogens with zero attached hydrogens (tertiary/aromatic N) is 1. The summed E-state index contributed by atoms with van der Waals surface area (Å²) < 4.78 is 26.8. The van der Waals surface area contributed by atoms with Crippen LogP contribution in [0.3, 0.4) is 0 Å². The summed E-state index contributed by atoms with van der Waals surface area (Å²) in [5.74, 6) is 0. The smallest absolute Gasteiger partial charge is 0.214 e. The van der Waals surface area contributed by atoms with Crippen molar-refractivity contribution in [3.8, 4) is 0 Å². The summed E-state index contributed by atoms with van der Waals surface area (Å²) in [5, 5.41) is 2.91. The summed E-state index contributed by atoms with van der Waals surface area (Å²) >= 11 is 1.49. The molecule has 0 spiro atoms. The van der Waals surface area contributed by atoms with Gasteiger partial charge >= 0.3 is 0 Å². The van der Waals surface area contributed by atoms with Gasteiger partial charge in [0.2, 0.25) is 10.0 Å². The van der Waals surface area contributed by atoms with Crippen LogP contribution in [0.4, 0.5) is 0 Å². The maximum absolute atomic E-state index is 12.0. The molecule has 2 heterocycles. The lowest BCUT2D eigenvalue weighted by molar-refractivity contribution is 0.489. The van der Waals surface area contributed by atoms with Gasteiger partial charge in [0.05, 0.1) is 16.5 Å². The Morgan fingerprint density at radius 1 is 1.53 bits per heavy atom. The van der Waals surface area contributed by atoms with Crippen LogP contribution in [0.5, 0.6) is 0 Å². The van der Waals surface area contributed by atoms with E-state index in [4.69, 9.17) is 0 Å². The molecular formula is C10H17N3O2S2. The van der Waals surface area contributed by atoms with Gasteiger partial charge < -0.3 is 5.32 Å². The highest BCUT2D eigenvalue weighted by molar-refractivity contribution is 7.90. The number of aromatic nitrogens is 1. The van der Waals surface area contributed by atoms with E-state index in [-0.39, 0.29) is 5.25 Å². The van der Waals surface area contributed by atoms with Gasteiger partial charge in [-0.15, -0.1) is 11.3 Å². The first kappa shape index (κ1) is 12.9.